The van der Waals surface area contributed by atoms with Crippen molar-refractivity contribution in [2.45, 2.75) is 64.3 Å². The van der Waals surface area contributed by atoms with Crippen molar-refractivity contribution in [3.63, 3.8) is 0 Å². The highest BCUT2D eigenvalue weighted by Crippen LogP contribution is 2.25. The van der Waals surface area contributed by atoms with Crippen molar-refractivity contribution in [2.24, 2.45) is 11.7 Å². The van der Waals surface area contributed by atoms with Crippen molar-refractivity contribution in [1.29, 1.82) is 0 Å². The summed E-state index contributed by atoms with van der Waals surface area (Å²) in [5.41, 5.74) is 5.11. The van der Waals surface area contributed by atoms with Crippen LogP contribution in [-0.2, 0) is 4.79 Å². The van der Waals surface area contributed by atoms with Crippen molar-refractivity contribution >= 4 is 5.91 Å². The van der Waals surface area contributed by atoms with E-state index >= 15 is 0 Å². The molecule has 2 atom stereocenters. The summed E-state index contributed by atoms with van der Waals surface area (Å²) in [7, 11) is 0. The van der Waals surface area contributed by atoms with Crippen LogP contribution in [0.1, 0.15) is 58.3 Å². The smallest absolute Gasteiger partial charge is 0.217 e. The molecule has 0 spiro atoms. The summed E-state index contributed by atoms with van der Waals surface area (Å²) in [5, 5.41) is 3.55. The van der Waals surface area contributed by atoms with Crippen molar-refractivity contribution in [3.05, 3.63) is 0 Å². The fourth-order valence-electron chi connectivity index (χ4n) is 2.56. The lowest BCUT2D eigenvalue weighted by Gasteiger charge is -2.16. The minimum atomic E-state index is -0.186. The van der Waals surface area contributed by atoms with E-state index < -0.39 is 0 Å². The lowest BCUT2D eigenvalue weighted by Crippen LogP contribution is -2.30. The summed E-state index contributed by atoms with van der Waals surface area (Å²) in [6, 6.07) is 0.671. The van der Waals surface area contributed by atoms with Crippen LogP contribution >= 0.6 is 0 Å². The van der Waals surface area contributed by atoms with Gasteiger partial charge >= 0.3 is 0 Å². The lowest BCUT2D eigenvalue weighted by molar-refractivity contribution is -0.118. The normalized spacial score (nSPS) is 26.3. The van der Waals surface area contributed by atoms with E-state index in [0.29, 0.717) is 12.5 Å². The number of carbonyl (C=O) groups is 1. The van der Waals surface area contributed by atoms with E-state index in [9.17, 15) is 4.79 Å². The van der Waals surface area contributed by atoms with Gasteiger partial charge in [0.2, 0.25) is 5.91 Å². The highest BCUT2D eigenvalue weighted by molar-refractivity contribution is 5.73. The van der Waals surface area contributed by atoms with Gasteiger partial charge in [-0.05, 0) is 38.1 Å². The number of primary amides is 1. The molecule has 3 N–H and O–H groups in total. The van der Waals surface area contributed by atoms with Gasteiger partial charge in [-0.15, -0.1) is 0 Å². The van der Waals surface area contributed by atoms with Crippen molar-refractivity contribution in [3.8, 4) is 0 Å². The topological polar surface area (TPSA) is 55.1 Å². The first-order valence-corrected chi connectivity index (χ1v) is 6.74. The van der Waals surface area contributed by atoms with Gasteiger partial charge in [-0.3, -0.25) is 4.79 Å². The molecule has 16 heavy (non-hydrogen) atoms. The van der Waals surface area contributed by atoms with Gasteiger partial charge in [0.25, 0.3) is 0 Å². The van der Waals surface area contributed by atoms with Gasteiger partial charge < -0.3 is 11.1 Å². The van der Waals surface area contributed by atoms with E-state index in [4.69, 9.17) is 5.73 Å². The lowest BCUT2D eigenvalue weighted by atomic mass is 9.98. The zero-order valence-electron chi connectivity index (χ0n) is 10.5. The van der Waals surface area contributed by atoms with Crippen LogP contribution in [0.4, 0.5) is 0 Å². The van der Waals surface area contributed by atoms with Gasteiger partial charge in [0.15, 0.2) is 0 Å². The molecule has 0 bridgehead atoms. The molecular formula is C13H26N2O. The van der Waals surface area contributed by atoms with Crippen molar-refractivity contribution < 1.29 is 4.79 Å². The zero-order valence-corrected chi connectivity index (χ0v) is 10.5. The van der Waals surface area contributed by atoms with Gasteiger partial charge in [-0.25, -0.2) is 0 Å². The van der Waals surface area contributed by atoms with Gasteiger partial charge in [-0.2, -0.15) is 0 Å². The molecule has 0 aliphatic heterocycles. The number of carbonyl (C=O) groups excluding carboxylic acids is 1. The van der Waals surface area contributed by atoms with Crippen molar-refractivity contribution in [2.75, 3.05) is 6.54 Å². The molecular weight excluding hydrogens is 200 g/mol. The Balaban J connectivity index is 2.10. The first kappa shape index (κ1) is 13.5. The van der Waals surface area contributed by atoms with Crippen LogP contribution in [-0.4, -0.2) is 18.5 Å². The van der Waals surface area contributed by atoms with E-state index in [1.54, 1.807) is 0 Å². The van der Waals surface area contributed by atoms with Crippen LogP contribution in [0.25, 0.3) is 0 Å². The van der Waals surface area contributed by atoms with Gasteiger partial charge in [-0.1, -0.05) is 26.2 Å². The van der Waals surface area contributed by atoms with E-state index in [0.717, 1.165) is 18.9 Å². The Labute approximate surface area is 99.2 Å². The molecule has 0 heterocycles. The molecule has 1 aliphatic rings. The predicted molar refractivity (Wildman–Crippen MR) is 67.1 cm³/mol. The molecule has 0 saturated heterocycles. The molecule has 3 nitrogen and oxygen atoms in total. The van der Waals surface area contributed by atoms with E-state index in [1.165, 1.54) is 38.5 Å². The molecule has 1 aliphatic carbocycles. The van der Waals surface area contributed by atoms with Crippen LogP contribution < -0.4 is 11.1 Å². The maximum atomic E-state index is 10.6. The Morgan fingerprint density at radius 3 is 2.81 bits per heavy atom. The molecule has 2 unspecified atom stereocenters. The van der Waals surface area contributed by atoms with Crippen LogP contribution in [0.5, 0.6) is 0 Å². The molecule has 1 saturated carbocycles. The maximum Gasteiger partial charge on any atom is 0.217 e. The summed E-state index contributed by atoms with van der Waals surface area (Å²) in [6.45, 7) is 3.23. The second kappa shape index (κ2) is 7.66. The third kappa shape index (κ3) is 5.50. The van der Waals surface area contributed by atoms with Crippen LogP contribution in [0.2, 0.25) is 0 Å². The summed E-state index contributed by atoms with van der Waals surface area (Å²) in [4.78, 5) is 10.6. The Morgan fingerprint density at radius 1 is 1.31 bits per heavy atom. The SMILES string of the molecule is CCC1CCCC(NCCCC(N)=O)CC1. The summed E-state index contributed by atoms with van der Waals surface area (Å²) < 4.78 is 0. The fourth-order valence-corrected chi connectivity index (χ4v) is 2.56. The van der Waals surface area contributed by atoms with E-state index in [-0.39, 0.29) is 5.91 Å². The number of nitrogens with one attached hydrogen (secondary N) is 1. The van der Waals surface area contributed by atoms with Crippen molar-refractivity contribution in [1.82, 2.24) is 5.32 Å². The predicted octanol–water partition coefficient (Wildman–Crippen LogP) is 2.20. The molecule has 94 valence electrons. The van der Waals surface area contributed by atoms with E-state index in [1.807, 2.05) is 0 Å². The summed E-state index contributed by atoms with van der Waals surface area (Å²) >= 11 is 0. The molecule has 1 fully saturated rings. The Bertz CT molecular complexity index is 206. The number of rotatable bonds is 6. The summed E-state index contributed by atoms with van der Waals surface area (Å²) in [5.74, 6) is 0.756. The third-order valence-electron chi connectivity index (χ3n) is 3.70. The second-order valence-corrected chi connectivity index (χ2v) is 5.00. The van der Waals surface area contributed by atoms with Gasteiger partial charge in [0.1, 0.15) is 0 Å². The quantitative estimate of drug-likeness (QED) is 0.539. The Morgan fingerprint density at radius 2 is 2.12 bits per heavy atom. The minimum absolute atomic E-state index is 0.186. The Hall–Kier alpha value is -0.570. The first-order valence-electron chi connectivity index (χ1n) is 6.74. The number of amides is 1. The molecule has 1 amide bonds. The molecule has 0 aromatic carbocycles. The van der Waals surface area contributed by atoms with Crippen LogP contribution in [0.3, 0.4) is 0 Å². The molecule has 1 rings (SSSR count). The number of nitrogens with two attached hydrogens (primary N) is 1. The first-order chi connectivity index (χ1) is 7.72. The summed E-state index contributed by atoms with van der Waals surface area (Å²) in [6.07, 6.45) is 9.43. The standard InChI is InChI=1S/C13H26N2O/c1-2-11-5-3-6-12(9-8-11)15-10-4-7-13(14)16/h11-12,15H,2-10H2,1H3,(H2,14,16). The second-order valence-electron chi connectivity index (χ2n) is 5.00. The molecule has 0 radical (unpaired) electrons. The molecule has 0 aromatic rings. The monoisotopic (exact) mass is 226 g/mol. The fraction of sp³-hybridized carbons (Fsp3) is 0.923. The maximum absolute atomic E-state index is 10.6. The number of hydrogen-bond acceptors (Lipinski definition) is 2. The van der Waals surface area contributed by atoms with E-state index in [2.05, 4.69) is 12.2 Å². The largest absolute Gasteiger partial charge is 0.370 e. The highest BCUT2D eigenvalue weighted by atomic mass is 16.1. The third-order valence-corrected chi connectivity index (χ3v) is 3.70. The van der Waals surface area contributed by atoms with Gasteiger partial charge in [0, 0.05) is 12.5 Å². The average molecular weight is 226 g/mol. The van der Waals surface area contributed by atoms with Crippen LogP contribution in [0, 0.1) is 5.92 Å². The number of hydrogen-bond donors (Lipinski definition) is 2. The Kier molecular flexibility index (Phi) is 6.46. The van der Waals surface area contributed by atoms with Crippen LogP contribution in [0.15, 0.2) is 0 Å². The zero-order chi connectivity index (χ0) is 11.8. The molecule has 0 aromatic heterocycles. The average Bonchev–Trinajstić information content (AvgIpc) is 2.49. The minimum Gasteiger partial charge on any atom is -0.370 e. The highest BCUT2D eigenvalue weighted by Gasteiger charge is 2.16. The molecule has 3 heteroatoms. The van der Waals surface area contributed by atoms with Gasteiger partial charge in [0.05, 0.1) is 0 Å².